The average molecular weight is 1810 g/mol. The molecule has 33 heteroatoms. The van der Waals surface area contributed by atoms with Crippen LogP contribution >= 0.6 is 23.2 Å². The number of amides is 5. The molecule has 0 unspecified atom stereocenters. The van der Waals surface area contributed by atoms with Crippen molar-refractivity contribution in [3.63, 3.8) is 0 Å². The first-order chi connectivity index (χ1) is 59.4. The zero-order valence-electron chi connectivity index (χ0n) is 73.9. The molecule has 2 heterocycles. The van der Waals surface area contributed by atoms with Gasteiger partial charge < -0.3 is 82.0 Å². The van der Waals surface area contributed by atoms with Gasteiger partial charge in [-0.25, -0.2) is 4.79 Å². The second-order valence-electron chi connectivity index (χ2n) is 35.2. The minimum Gasteiger partial charge on any atom is -0.462 e. The van der Waals surface area contributed by atoms with E-state index in [1.807, 2.05) is 0 Å². The van der Waals surface area contributed by atoms with Gasteiger partial charge in [-0.05, 0) is 172 Å². The third-order valence-corrected chi connectivity index (χ3v) is 27.1. The number of urea groups is 1. The largest absolute Gasteiger partial charge is 0.462 e. The Morgan fingerprint density at radius 2 is 1.02 bits per heavy atom. The first-order valence-electron chi connectivity index (χ1n) is 45.2. The van der Waals surface area contributed by atoms with Crippen LogP contribution < -0.4 is 10.6 Å². The van der Waals surface area contributed by atoms with Crippen molar-refractivity contribution in [2.75, 3.05) is 203 Å². The lowest BCUT2D eigenvalue weighted by Gasteiger charge is -2.61. The highest BCUT2D eigenvalue weighted by Gasteiger charge is 2.61. The number of Topliss-reactive ketones (excluding diaryl/α,β-unsaturated/α-hetero) is 2. The molecule has 6 aliphatic rings. The van der Waals surface area contributed by atoms with Crippen LogP contribution in [0.1, 0.15) is 186 Å². The summed E-state index contributed by atoms with van der Waals surface area (Å²) in [5.74, 6) is 2.12. The van der Waals surface area contributed by atoms with Crippen LogP contribution in [0.4, 0.5) is 36.8 Å². The molecule has 11 atom stereocenters. The number of hydrogen-bond donors (Lipinski definition) is 1. The molecule has 6 fully saturated rings. The van der Waals surface area contributed by atoms with Crippen LogP contribution in [-0.4, -0.2) is 266 Å². The summed E-state index contributed by atoms with van der Waals surface area (Å²) in [6.45, 7) is 22.1. The Morgan fingerprint density at radius 3 is 1.53 bits per heavy atom. The number of esters is 1. The van der Waals surface area contributed by atoms with Gasteiger partial charge in [0.1, 0.15) is 17.7 Å². The summed E-state index contributed by atoms with van der Waals surface area (Å²) in [5, 5.41) is 0.480. The number of ketones is 2. The van der Waals surface area contributed by atoms with Gasteiger partial charge in [0.15, 0.2) is 0 Å². The zero-order chi connectivity index (χ0) is 89.7. The molecule has 2 N–H and O–H groups in total. The van der Waals surface area contributed by atoms with E-state index in [1.54, 1.807) is 28.0 Å². The summed E-state index contributed by atoms with van der Waals surface area (Å²) in [6, 6.07) is 4.09. The van der Waals surface area contributed by atoms with Crippen molar-refractivity contribution in [1.82, 2.24) is 14.7 Å². The summed E-state index contributed by atoms with van der Waals surface area (Å²) in [5.41, 5.74) is 3.29. The van der Waals surface area contributed by atoms with Crippen molar-refractivity contribution in [2.45, 2.75) is 200 Å². The highest BCUT2D eigenvalue weighted by Crippen LogP contribution is 2.68. The number of likely N-dealkylation sites (tertiary alicyclic amines) is 1. The summed E-state index contributed by atoms with van der Waals surface area (Å²) in [7, 11) is 1.09. The van der Waals surface area contributed by atoms with Crippen molar-refractivity contribution in [2.24, 2.45) is 69.8 Å². The molecule has 4 aliphatic carbocycles. The normalized spacial score (nSPS) is 23.0. The molecule has 0 spiro atoms. The zero-order valence-corrected chi connectivity index (χ0v) is 75.4. The van der Waals surface area contributed by atoms with E-state index in [2.05, 4.69) is 34.6 Å². The van der Waals surface area contributed by atoms with Gasteiger partial charge in [0, 0.05) is 90.1 Å². The van der Waals surface area contributed by atoms with Crippen molar-refractivity contribution in [1.29, 1.82) is 0 Å². The first kappa shape index (κ1) is 104. The van der Waals surface area contributed by atoms with E-state index in [0.29, 0.717) is 200 Å². The lowest BCUT2D eigenvalue weighted by molar-refractivity contribution is -0.164. The SMILES string of the molecule is CC(C)CCC[C@@H](C)[C@H]1CC[C@H]2[C@@H]3CC[C@H]4C[C@@H](OC(=O)C[C@H](CC(=O)CCOCCOCCOCCOCCOCCOCCOCCOCCOCCOCCOCCOCCCC(=O)CCC(=O)N5CCC(C(=O)N6CCN(C(=O)N(C)c7cc(C(F)(F)F)cc(C(F)(F)F)c7)[C@H](Cc7ccc(Cl)c(Cl)c7)C6)CC5)C(N)=O)CC[C@]4(C)[C@H]3CC[C@]12C. The number of nitrogens with zero attached hydrogens (tertiary/aromatic N) is 4. The van der Waals surface area contributed by atoms with Gasteiger partial charge in [0.2, 0.25) is 17.7 Å². The monoisotopic (exact) mass is 1810 g/mol. The van der Waals surface area contributed by atoms with Crippen LogP contribution in [0.2, 0.25) is 10.0 Å². The summed E-state index contributed by atoms with van der Waals surface area (Å²) < 4.78 is 155. The standard InChI is InChI=1S/C91H139Cl2F6N5O20/c1-64(2)9-7-10-65(3)78-16-17-79-77-15-13-69-62-76(20-25-88(69,4)80(77)21-26-89(78,79)5)124-84(108)58-68(85(100)109)57-75(106)24-32-113-34-36-115-38-40-117-42-44-119-46-48-121-50-52-123-54-53-122-51-49-120-47-45-118-43-41-116-39-37-114-35-33-112-31-8-11-74(105)14-19-83(107)102-27-22-67(23-28-102)86(110)103-29-30-104(73(63-103)55-66-12-18-81(92)82(93)56-66)87(111)101(6)72-60-70(90(94,95)96)59-71(61-72)91(97,98)99/h12,18,56,59-61,64-65,67-69,73,76-80H,7-11,13-17,19-55,57-58,62-63H2,1-6H3,(H2,100,109)/t65-,68+,69+,73-,76+,77+,78-,79+,80+,88+,89-/m1/s1. The molecular weight excluding hydrogens is 1670 g/mol. The second-order valence-corrected chi connectivity index (χ2v) is 36.0. The van der Waals surface area contributed by atoms with Crippen LogP contribution in [0.5, 0.6) is 0 Å². The predicted octanol–water partition coefficient (Wildman–Crippen LogP) is 14.8. The number of rotatable bonds is 58. The number of hydrogen-bond acceptors (Lipinski definition) is 20. The van der Waals surface area contributed by atoms with Crippen LogP contribution in [0, 0.1) is 64.1 Å². The van der Waals surface area contributed by atoms with Gasteiger partial charge in [-0.2, -0.15) is 26.3 Å². The van der Waals surface area contributed by atoms with E-state index in [9.17, 15) is 59.9 Å². The maximum atomic E-state index is 14.0. The number of primary amides is 1. The average Bonchev–Trinajstić information content (AvgIpc) is 1.45. The van der Waals surface area contributed by atoms with Crippen molar-refractivity contribution < 1.29 is 121 Å². The Morgan fingerprint density at radius 1 is 0.516 bits per heavy atom. The minimum absolute atomic E-state index is 0.00499. The van der Waals surface area contributed by atoms with Gasteiger partial charge in [0.25, 0.3) is 0 Å². The van der Waals surface area contributed by atoms with Crippen LogP contribution in [0.3, 0.4) is 0 Å². The molecule has 0 bridgehead atoms. The molecule has 25 nitrogen and oxygen atoms in total. The number of piperidine rings is 1. The molecule has 0 aromatic heterocycles. The van der Waals surface area contributed by atoms with Gasteiger partial charge >= 0.3 is 24.4 Å². The Hall–Kier alpha value is -5.39. The van der Waals surface area contributed by atoms with E-state index in [-0.39, 0.29) is 135 Å². The Labute approximate surface area is 739 Å². The van der Waals surface area contributed by atoms with E-state index < -0.39 is 65.0 Å². The lowest BCUT2D eigenvalue weighted by atomic mass is 9.44. The number of carbonyl (C=O) groups excluding carboxylic acids is 7. The molecule has 2 aliphatic heterocycles. The number of fused-ring (bicyclic) bond motifs is 5. The van der Waals surface area contributed by atoms with Crippen molar-refractivity contribution in [3.8, 4) is 0 Å². The molecule has 2 saturated heterocycles. The lowest BCUT2D eigenvalue weighted by Crippen LogP contribution is -2.60. The van der Waals surface area contributed by atoms with E-state index >= 15 is 0 Å². The Kier molecular flexibility index (Phi) is 45.0. The molecule has 704 valence electrons. The molecule has 0 radical (unpaired) electrons. The number of anilines is 1. The number of benzene rings is 2. The molecule has 4 saturated carbocycles. The molecule has 2 aromatic carbocycles. The fraction of sp³-hybridized carbons (Fsp3) is 0.791. The molecule has 2 aromatic rings. The van der Waals surface area contributed by atoms with Crippen molar-refractivity contribution in [3.05, 3.63) is 63.1 Å². The molecule has 5 amide bonds. The number of nitrogens with two attached hydrogens (primary N) is 1. The third-order valence-electron chi connectivity index (χ3n) is 26.3. The highest BCUT2D eigenvalue weighted by atomic mass is 35.5. The maximum Gasteiger partial charge on any atom is 0.416 e. The van der Waals surface area contributed by atoms with E-state index in [1.165, 1.54) is 62.7 Å². The first-order valence-corrected chi connectivity index (χ1v) is 45.9. The van der Waals surface area contributed by atoms with Crippen LogP contribution in [-0.2, 0) is 109 Å². The fourth-order valence-corrected chi connectivity index (χ4v) is 19.9. The van der Waals surface area contributed by atoms with Gasteiger partial charge in [-0.3, -0.25) is 33.7 Å². The smallest absolute Gasteiger partial charge is 0.416 e. The fourth-order valence-electron chi connectivity index (χ4n) is 19.5. The van der Waals surface area contributed by atoms with Crippen LogP contribution in [0.15, 0.2) is 36.4 Å². The minimum atomic E-state index is -5.13. The second kappa shape index (κ2) is 53.7. The molecule has 8 rings (SSSR count). The Balaban J connectivity index is 0.516. The summed E-state index contributed by atoms with van der Waals surface area (Å²) in [6.07, 6.45) is 5.72. The van der Waals surface area contributed by atoms with E-state index in [4.69, 9.17) is 90.5 Å². The van der Waals surface area contributed by atoms with Crippen LogP contribution in [0.25, 0.3) is 0 Å². The predicted molar refractivity (Wildman–Crippen MR) is 455 cm³/mol. The third kappa shape index (κ3) is 34.2. The topological polar surface area (TPSA) is 278 Å². The Bertz CT molecular complexity index is 3540. The summed E-state index contributed by atoms with van der Waals surface area (Å²) >= 11 is 12.4. The van der Waals surface area contributed by atoms with Gasteiger partial charge in [-0.1, -0.05) is 83.1 Å². The number of carbonyl (C=O) groups is 7. The summed E-state index contributed by atoms with van der Waals surface area (Å²) in [4.78, 5) is 97.8. The van der Waals surface area contributed by atoms with Crippen molar-refractivity contribution >= 4 is 70.2 Å². The number of ether oxygens (including phenoxy) is 13. The van der Waals surface area contributed by atoms with Gasteiger partial charge in [0.05, 0.1) is 192 Å². The maximum absolute atomic E-state index is 14.0. The number of halogens is 8. The number of piperazine rings is 1. The number of alkyl halides is 6. The quantitative estimate of drug-likeness (QED) is 0.0366. The molecule has 124 heavy (non-hydrogen) atoms. The highest BCUT2D eigenvalue weighted by molar-refractivity contribution is 6.42. The molecular formula is C91H139Cl2F6N5O20. The van der Waals surface area contributed by atoms with E-state index in [0.717, 1.165) is 66.7 Å². The van der Waals surface area contributed by atoms with Gasteiger partial charge in [-0.15, -0.1) is 0 Å².